The minimum absolute atomic E-state index is 0.0663. The molecule has 26 heavy (non-hydrogen) atoms. The minimum atomic E-state index is -4.84. The lowest BCUT2D eigenvalue weighted by Crippen LogP contribution is -2.45. The molecule has 3 rings (SSSR count). The van der Waals surface area contributed by atoms with Crippen LogP contribution < -0.4 is 0 Å². The van der Waals surface area contributed by atoms with Crippen molar-refractivity contribution in [3.05, 3.63) is 34.9 Å². The lowest BCUT2D eigenvalue weighted by atomic mass is 9.85. The second-order valence-electron chi connectivity index (χ2n) is 6.93. The topological polar surface area (TPSA) is 46.6 Å². The first-order chi connectivity index (χ1) is 12.3. The Morgan fingerprint density at radius 1 is 1.15 bits per heavy atom. The van der Waals surface area contributed by atoms with Crippen LogP contribution in [-0.2, 0) is 9.53 Å². The Labute approximate surface area is 150 Å². The van der Waals surface area contributed by atoms with E-state index in [-0.39, 0.29) is 25.6 Å². The lowest BCUT2D eigenvalue weighted by molar-refractivity contribution is -0.186. The van der Waals surface area contributed by atoms with E-state index in [9.17, 15) is 22.8 Å². The van der Waals surface area contributed by atoms with E-state index in [1.807, 2.05) is 12.1 Å². The number of rotatable bonds is 4. The first kappa shape index (κ1) is 18.7. The summed E-state index contributed by atoms with van der Waals surface area (Å²) in [6, 6.07) is 5.31. The zero-order chi connectivity index (χ0) is 18.9. The van der Waals surface area contributed by atoms with Gasteiger partial charge in [0.15, 0.2) is 0 Å². The molecule has 1 saturated carbocycles. The SMILES string of the molecule is CCOC(=O)c1ccc([C@H]2CCCN(C(=O)C(F)(F)F)C2)c(C2CC2)c1. The van der Waals surface area contributed by atoms with Gasteiger partial charge in [-0.1, -0.05) is 6.07 Å². The molecule has 1 atom stereocenters. The third-order valence-corrected chi connectivity index (χ3v) is 5.01. The van der Waals surface area contributed by atoms with Crippen molar-refractivity contribution in [2.75, 3.05) is 19.7 Å². The second-order valence-corrected chi connectivity index (χ2v) is 6.93. The highest BCUT2D eigenvalue weighted by molar-refractivity contribution is 5.89. The first-order valence-corrected chi connectivity index (χ1v) is 8.98. The number of hydrogen-bond acceptors (Lipinski definition) is 3. The molecule has 0 N–H and O–H groups in total. The zero-order valence-electron chi connectivity index (χ0n) is 14.6. The normalized spacial score (nSPS) is 20.8. The van der Waals surface area contributed by atoms with Gasteiger partial charge in [0.25, 0.3) is 0 Å². The van der Waals surface area contributed by atoms with Gasteiger partial charge >= 0.3 is 18.1 Å². The van der Waals surface area contributed by atoms with E-state index in [0.29, 0.717) is 17.9 Å². The van der Waals surface area contributed by atoms with Crippen LogP contribution in [-0.4, -0.2) is 42.6 Å². The van der Waals surface area contributed by atoms with Crippen molar-refractivity contribution in [1.29, 1.82) is 0 Å². The number of alkyl halides is 3. The highest BCUT2D eigenvalue weighted by Crippen LogP contribution is 2.45. The van der Waals surface area contributed by atoms with Crippen molar-refractivity contribution >= 4 is 11.9 Å². The fourth-order valence-electron chi connectivity index (χ4n) is 3.63. The zero-order valence-corrected chi connectivity index (χ0v) is 14.6. The summed E-state index contributed by atoms with van der Waals surface area (Å²) in [5, 5.41) is 0. The third-order valence-electron chi connectivity index (χ3n) is 5.01. The van der Waals surface area contributed by atoms with E-state index >= 15 is 0 Å². The Balaban J connectivity index is 1.84. The molecule has 1 aliphatic heterocycles. The molecule has 0 bridgehead atoms. The summed E-state index contributed by atoms with van der Waals surface area (Å²) in [6.45, 7) is 2.23. The van der Waals surface area contributed by atoms with E-state index < -0.39 is 18.1 Å². The average molecular weight is 369 g/mol. The van der Waals surface area contributed by atoms with Crippen molar-refractivity contribution in [2.24, 2.45) is 0 Å². The number of amides is 1. The van der Waals surface area contributed by atoms with Crippen molar-refractivity contribution < 1.29 is 27.5 Å². The Morgan fingerprint density at radius 2 is 1.88 bits per heavy atom. The summed E-state index contributed by atoms with van der Waals surface area (Å²) in [5.41, 5.74) is 2.44. The number of piperidine rings is 1. The van der Waals surface area contributed by atoms with Gasteiger partial charge in [0.1, 0.15) is 0 Å². The van der Waals surface area contributed by atoms with E-state index in [1.165, 1.54) is 0 Å². The second kappa shape index (κ2) is 7.29. The lowest BCUT2D eigenvalue weighted by Gasteiger charge is -2.34. The third kappa shape index (κ3) is 4.02. The van der Waals surface area contributed by atoms with E-state index in [0.717, 1.165) is 35.3 Å². The van der Waals surface area contributed by atoms with Gasteiger partial charge in [0, 0.05) is 19.0 Å². The smallest absolute Gasteiger partial charge is 0.462 e. The fourth-order valence-corrected chi connectivity index (χ4v) is 3.63. The number of carbonyl (C=O) groups is 2. The number of nitrogens with zero attached hydrogens (tertiary/aromatic N) is 1. The highest BCUT2D eigenvalue weighted by Gasteiger charge is 2.44. The van der Waals surface area contributed by atoms with Gasteiger partial charge in [0.2, 0.25) is 0 Å². The Bertz CT molecular complexity index is 698. The number of benzene rings is 1. The van der Waals surface area contributed by atoms with E-state index in [2.05, 4.69) is 0 Å². The molecule has 142 valence electrons. The molecular formula is C19H22F3NO3. The standard InChI is InChI=1S/C19H22F3NO3/c1-2-26-17(24)13-7-8-15(16(10-13)12-5-6-12)14-4-3-9-23(11-14)18(25)19(20,21)22/h7-8,10,12,14H,2-6,9,11H2,1H3/t14-/m0/s1. The molecule has 4 nitrogen and oxygen atoms in total. The van der Waals surface area contributed by atoms with Crippen molar-refractivity contribution in [3.63, 3.8) is 0 Å². The minimum Gasteiger partial charge on any atom is -0.462 e. The monoisotopic (exact) mass is 369 g/mol. The fraction of sp³-hybridized carbons (Fsp3) is 0.579. The first-order valence-electron chi connectivity index (χ1n) is 8.98. The molecule has 1 amide bonds. The van der Waals surface area contributed by atoms with Gasteiger partial charge in [-0.05, 0) is 61.8 Å². The van der Waals surface area contributed by atoms with Gasteiger partial charge < -0.3 is 9.64 Å². The number of likely N-dealkylation sites (tertiary alicyclic amines) is 1. The molecule has 2 aliphatic rings. The molecular weight excluding hydrogens is 347 g/mol. The molecule has 1 aromatic rings. The maximum atomic E-state index is 12.8. The van der Waals surface area contributed by atoms with Gasteiger partial charge in [0.05, 0.1) is 12.2 Å². The molecule has 1 aliphatic carbocycles. The molecule has 1 heterocycles. The van der Waals surface area contributed by atoms with Crippen LogP contribution >= 0.6 is 0 Å². The van der Waals surface area contributed by atoms with Gasteiger partial charge in [-0.15, -0.1) is 0 Å². The summed E-state index contributed by atoms with van der Waals surface area (Å²) in [7, 11) is 0. The van der Waals surface area contributed by atoms with Crippen molar-refractivity contribution in [3.8, 4) is 0 Å². The van der Waals surface area contributed by atoms with Gasteiger partial charge in [-0.3, -0.25) is 4.79 Å². The summed E-state index contributed by atoms with van der Waals surface area (Å²) < 4.78 is 43.3. The maximum absolute atomic E-state index is 12.8. The number of hydrogen-bond donors (Lipinski definition) is 0. The largest absolute Gasteiger partial charge is 0.471 e. The predicted molar refractivity (Wildman–Crippen MR) is 89.0 cm³/mol. The Morgan fingerprint density at radius 3 is 2.50 bits per heavy atom. The number of halogens is 3. The van der Waals surface area contributed by atoms with E-state index in [4.69, 9.17) is 4.74 Å². The Hall–Kier alpha value is -2.05. The van der Waals surface area contributed by atoms with Crippen molar-refractivity contribution in [2.45, 2.75) is 50.6 Å². The van der Waals surface area contributed by atoms with Crippen LogP contribution in [0, 0.1) is 0 Å². The van der Waals surface area contributed by atoms with Crippen LogP contribution in [0.2, 0.25) is 0 Å². The molecule has 0 aromatic heterocycles. The quantitative estimate of drug-likeness (QED) is 0.754. The van der Waals surface area contributed by atoms with Crippen molar-refractivity contribution in [1.82, 2.24) is 4.90 Å². The van der Waals surface area contributed by atoms with Crippen LogP contribution in [0.5, 0.6) is 0 Å². The van der Waals surface area contributed by atoms with Crippen LogP contribution in [0.4, 0.5) is 13.2 Å². The van der Waals surface area contributed by atoms with Gasteiger partial charge in [-0.25, -0.2) is 4.79 Å². The van der Waals surface area contributed by atoms with Gasteiger partial charge in [-0.2, -0.15) is 13.2 Å². The highest BCUT2D eigenvalue weighted by atomic mass is 19.4. The summed E-state index contributed by atoms with van der Waals surface area (Å²) >= 11 is 0. The van der Waals surface area contributed by atoms with Crippen LogP contribution in [0.25, 0.3) is 0 Å². The van der Waals surface area contributed by atoms with Crippen LogP contribution in [0.1, 0.15) is 65.9 Å². The molecule has 1 saturated heterocycles. The number of carbonyl (C=O) groups excluding carboxylic acids is 2. The summed E-state index contributed by atoms with van der Waals surface area (Å²) in [5.74, 6) is -1.95. The maximum Gasteiger partial charge on any atom is 0.471 e. The van der Waals surface area contributed by atoms with Crippen LogP contribution in [0.15, 0.2) is 18.2 Å². The van der Waals surface area contributed by atoms with E-state index in [1.54, 1.807) is 13.0 Å². The summed E-state index contributed by atoms with van der Waals surface area (Å²) in [4.78, 5) is 24.5. The molecule has 0 spiro atoms. The Kier molecular flexibility index (Phi) is 5.25. The molecule has 2 fully saturated rings. The molecule has 0 unspecified atom stereocenters. The predicted octanol–water partition coefficient (Wildman–Crippen LogP) is 4.01. The van der Waals surface area contributed by atoms with Crippen LogP contribution in [0.3, 0.4) is 0 Å². The molecule has 7 heteroatoms. The average Bonchev–Trinajstić information content (AvgIpc) is 3.45. The number of esters is 1. The number of ether oxygens (including phenoxy) is 1. The molecule has 1 aromatic carbocycles. The summed E-state index contributed by atoms with van der Waals surface area (Å²) in [6.07, 6.45) is -1.54. The molecule has 0 radical (unpaired) electrons.